The van der Waals surface area contributed by atoms with Crippen LogP contribution in [0.25, 0.3) is 5.76 Å². The quantitative estimate of drug-likeness (QED) is 0.358. The number of carbonyl (C=O) groups excluding carboxylic acids is 3. The smallest absolute Gasteiger partial charge is 0.255 e. The van der Waals surface area contributed by atoms with E-state index in [1.54, 1.807) is 14.1 Å². The summed E-state index contributed by atoms with van der Waals surface area (Å²) >= 11 is 6.71. The Morgan fingerprint density at radius 1 is 1.22 bits per heavy atom. The molecule has 3 aliphatic rings. The van der Waals surface area contributed by atoms with Gasteiger partial charge in [0.1, 0.15) is 22.8 Å². The first kappa shape index (κ1) is 26.2. The number of benzene rings is 1. The van der Waals surface area contributed by atoms with Crippen molar-refractivity contribution < 1.29 is 34.8 Å². The predicted molar refractivity (Wildman–Crippen MR) is 131 cm³/mol. The van der Waals surface area contributed by atoms with Crippen LogP contribution in [-0.4, -0.2) is 87.0 Å². The molecule has 0 aromatic heterocycles. The van der Waals surface area contributed by atoms with Gasteiger partial charge >= 0.3 is 0 Å². The molecule has 11 heteroatoms. The van der Waals surface area contributed by atoms with Crippen LogP contribution >= 0.6 is 11.6 Å². The first-order valence-corrected chi connectivity index (χ1v) is 12.0. The molecule has 3 aliphatic carbocycles. The summed E-state index contributed by atoms with van der Waals surface area (Å²) in [5, 5.41) is 44.8. The largest absolute Gasteiger partial charge is 0.508 e. The number of fused-ring (bicyclic) bond motifs is 3. The normalized spacial score (nSPS) is 27.9. The first-order chi connectivity index (χ1) is 16.8. The molecule has 10 nitrogen and oxygen atoms in total. The molecule has 6 N–H and O–H groups in total. The molecule has 0 bridgehead atoms. The van der Waals surface area contributed by atoms with E-state index in [1.807, 2.05) is 18.9 Å². The number of nitrogens with two attached hydrogens (primary N) is 1. The molecule has 1 fully saturated rings. The minimum atomic E-state index is -2.66. The number of primary amides is 1. The van der Waals surface area contributed by atoms with Crippen molar-refractivity contribution in [2.75, 3.05) is 27.7 Å². The SMILES string of the molecule is CCN(C)Cc1cc(O)c2c(c1Cl)C[C@H]1C[C@H]3[C@H](N(C)C)C(=O)C(C(N)=O)=C(O)[C@@]3(O)C(=O)C1=C2O. The van der Waals surface area contributed by atoms with Crippen molar-refractivity contribution in [3.63, 3.8) is 0 Å². The predicted octanol–water partition coefficient (Wildman–Crippen LogP) is 1.07. The lowest BCUT2D eigenvalue weighted by Crippen LogP contribution is -2.65. The van der Waals surface area contributed by atoms with E-state index in [2.05, 4.69) is 0 Å². The Balaban J connectivity index is 1.93. The molecule has 0 heterocycles. The van der Waals surface area contributed by atoms with Crippen LogP contribution < -0.4 is 5.73 Å². The van der Waals surface area contributed by atoms with Gasteiger partial charge in [0, 0.05) is 23.1 Å². The van der Waals surface area contributed by atoms with Crippen LogP contribution in [-0.2, 0) is 27.3 Å². The highest BCUT2D eigenvalue weighted by Gasteiger charge is 2.64. The van der Waals surface area contributed by atoms with Gasteiger partial charge in [-0.05, 0) is 63.6 Å². The molecule has 194 valence electrons. The number of aromatic hydroxyl groups is 1. The van der Waals surface area contributed by atoms with Crippen LogP contribution in [0.5, 0.6) is 5.75 Å². The number of likely N-dealkylation sites (N-methyl/N-ethyl adjacent to an activating group) is 1. The Morgan fingerprint density at radius 3 is 2.42 bits per heavy atom. The Bertz CT molecular complexity index is 1250. The summed E-state index contributed by atoms with van der Waals surface area (Å²) in [5.74, 6) is -6.84. The van der Waals surface area contributed by atoms with Crippen molar-refractivity contribution in [3.05, 3.63) is 44.7 Å². The maximum Gasteiger partial charge on any atom is 0.255 e. The van der Waals surface area contributed by atoms with Gasteiger partial charge in [0.25, 0.3) is 5.91 Å². The molecule has 1 aromatic rings. The number of amides is 1. The Hall–Kier alpha value is -2.92. The number of hydrogen-bond donors (Lipinski definition) is 5. The van der Waals surface area contributed by atoms with Crippen LogP contribution in [0.2, 0.25) is 5.02 Å². The number of ketones is 2. The van der Waals surface area contributed by atoms with Gasteiger partial charge in [0.2, 0.25) is 5.78 Å². The second kappa shape index (κ2) is 8.88. The van der Waals surface area contributed by atoms with Crippen molar-refractivity contribution in [2.45, 2.75) is 38.0 Å². The summed E-state index contributed by atoms with van der Waals surface area (Å²) in [7, 11) is 5.00. The fourth-order valence-corrected chi connectivity index (χ4v) is 6.15. The molecule has 4 atom stereocenters. The van der Waals surface area contributed by atoms with Gasteiger partial charge in [0.05, 0.1) is 11.6 Å². The number of nitrogens with zero attached hydrogens (tertiary/aromatic N) is 2. The minimum absolute atomic E-state index is 0.0146. The van der Waals surface area contributed by atoms with Gasteiger partial charge in [-0.2, -0.15) is 0 Å². The summed E-state index contributed by atoms with van der Waals surface area (Å²) in [6, 6.07) is 0.301. The third kappa shape index (κ3) is 3.54. The van der Waals surface area contributed by atoms with Crippen LogP contribution in [0.4, 0.5) is 0 Å². The number of phenols is 1. The van der Waals surface area contributed by atoms with E-state index >= 15 is 0 Å². The Morgan fingerprint density at radius 2 is 1.86 bits per heavy atom. The van der Waals surface area contributed by atoms with Crippen molar-refractivity contribution in [1.29, 1.82) is 0 Å². The van der Waals surface area contributed by atoms with Gasteiger partial charge in [0.15, 0.2) is 11.4 Å². The lowest BCUT2D eigenvalue weighted by Gasteiger charge is -2.50. The van der Waals surface area contributed by atoms with E-state index in [4.69, 9.17) is 17.3 Å². The number of hydrogen-bond acceptors (Lipinski definition) is 9. The summed E-state index contributed by atoms with van der Waals surface area (Å²) < 4.78 is 0. The van der Waals surface area contributed by atoms with E-state index in [1.165, 1.54) is 11.0 Å². The van der Waals surface area contributed by atoms with E-state index in [-0.39, 0.29) is 29.7 Å². The van der Waals surface area contributed by atoms with E-state index in [9.17, 15) is 34.8 Å². The van der Waals surface area contributed by atoms with Crippen LogP contribution in [0.15, 0.2) is 23.0 Å². The van der Waals surface area contributed by atoms with Crippen LogP contribution in [0.3, 0.4) is 0 Å². The van der Waals surface area contributed by atoms with Crippen molar-refractivity contribution in [2.24, 2.45) is 17.6 Å². The van der Waals surface area contributed by atoms with Gasteiger partial charge < -0.3 is 31.1 Å². The maximum absolute atomic E-state index is 13.8. The zero-order chi connectivity index (χ0) is 26.9. The zero-order valence-electron chi connectivity index (χ0n) is 20.5. The molecular weight excluding hydrogens is 490 g/mol. The fraction of sp³-hybridized carbons (Fsp3) is 0.480. The summed E-state index contributed by atoms with van der Waals surface area (Å²) in [6.07, 6.45) is 0.173. The summed E-state index contributed by atoms with van der Waals surface area (Å²) in [5.41, 5.74) is 2.72. The third-order valence-corrected chi connectivity index (χ3v) is 8.18. The fourth-order valence-electron chi connectivity index (χ4n) is 5.86. The van der Waals surface area contributed by atoms with E-state index < -0.39 is 58.0 Å². The second-order valence-corrected chi connectivity index (χ2v) is 10.4. The highest BCUT2D eigenvalue weighted by atomic mass is 35.5. The Kier molecular flexibility index (Phi) is 6.45. The molecular formula is C25H30ClN3O7. The Labute approximate surface area is 213 Å². The molecule has 1 aromatic carbocycles. The monoisotopic (exact) mass is 519 g/mol. The number of aliphatic hydroxyl groups excluding tert-OH is 2. The average Bonchev–Trinajstić information content (AvgIpc) is 2.78. The lowest BCUT2D eigenvalue weighted by atomic mass is 9.57. The molecule has 0 radical (unpaired) electrons. The van der Waals surface area contributed by atoms with E-state index in [0.29, 0.717) is 22.7 Å². The summed E-state index contributed by atoms with van der Waals surface area (Å²) in [4.78, 5) is 42.4. The lowest BCUT2D eigenvalue weighted by molar-refractivity contribution is -0.153. The summed E-state index contributed by atoms with van der Waals surface area (Å²) in [6.45, 7) is 3.16. The molecule has 4 rings (SSSR count). The average molecular weight is 520 g/mol. The topological polar surface area (TPSA) is 165 Å². The van der Waals surface area contributed by atoms with Crippen LogP contribution in [0, 0.1) is 11.8 Å². The highest BCUT2D eigenvalue weighted by molar-refractivity contribution is 6.32. The standard InChI is InChI=1S/C25H30ClN3O7/c1-5-29(4)9-11-8-14(30)16-12(18(11)26)6-10-7-13-19(28(2)3)21(32)17(24(27)35)23(34)25(13,36)22(33)15(10)20(16)31/h8,10,13,19,30-31,34,36H,5-7,9H2,1-4H3,(H2,27,35)/t10-,13-,19-,25-/m0/s1. The van der Waals surface area contributed by atoms with Crippen molar-refractivity contribution >= 4 is 34.8 Å². The molecule has 1 saturated carbocycles. The molecule has 0 spiro atoms. The third-order valence-electron chi connectivity index (χ3n) is 7.71. The van der Waals surface area contributed by atoms with Gasteiger partial charge in [-0.25, -0.2) is 0 Å². The second-order valence-electron chi connectivity index (χ2n) is 10.0. The number of aliphatic hydroxyl groups is 3. The van der Waals surface area contributed by atoms with Gasteiger partial charge in [-0.15, -0.1) is 0 Å². The number of Topliss-reactive ketones (excluding diaryl/α,β-unsaturated/α-hetero) is 2. The van der Waals surface area contributed by atoms with Gasteiger partial charge in [-0.1, -0.05) is 18.5 Å². The number of rotatable bonds is 5. The zero-order valence-corrected chi connectivity index (χ0v) is 21.3. The molecule has 36 heavy (non-hydrogen) atoms. The highest BCUT2D eigenvalue weighted by Crippen LogP contribution is 2.53. The number of carbonyl (C=O) groups is 3. The van der Waals surface area contributed by atoms with E-state index in [0.717, 1.165) is 6.54 Å². The van der Waals surface area contributed by atoms with Crippen molar-refractivity contribution in [1.82, 2.24) is 9.80 Å². The van der Waals surface area contributed by atoms with Crippen LogP contribution in [0.1, 0.15) is 30.0 Å². The molecule has 1 amide bonds. The van der Waals surface area contributed by atoms with Crippen molar-refractivity contribution in [3.8, 4) is 5.75 Å². The van der Waals surface area contributed by atoms with Gasteiger partial charge in [-0.3, -0.25) is 19.3 Å². The minimum Gasteiger partial charge on any atom is -0.508 e. The molecule has 0 saturated heterocycles. The maximum atomic E-state index is 13.8. The number of phenolic OH excluding ortho intramolecular Hbond substituents is 1. The molecule has 0 aliphatic heterocycles. The molecule has 0 unspecified atom stereocenters. The number of halogens is 1. The first-order valence-electron chi connectivity index (χ1n) is 11.6.